The Labute approximate surface area is 114 Å². The Balaban J connectivity index is 2.00. The van der Waals surface area contributed by atoms with Crippen LogP contribution in [0.5, 0.6) is 5.75 Å². The van der Waals surface area contributed by atoms with Crippen molar-refractivity contribution in [3.05, 3.63) is 42.0 Å². The normalized spacial score (nSPS) is 10.5. The zero-order valence-corrected chi connectivity index (χ0v) is 11.0. The Morgan fingerprint density at radius 3 is 2.79 bits per heavy atom. The Bertz CT molecular complexity index is 583. The molecule has 0 radical (unpaired) electrons. The van der Waals surface area contributed by atoms with Gasteiger partial charge in [0.2, 0.25) is 0 Å². The molecule has 98 valence electrons. The van der Waals surface area contributed by atoms with E-state index in [1.165, 1.54) is 0 Å². The van der Waals surface area contributed by atoms with Gasteiger partial charge in [-0.15, -0.1) is 12.3 Å². The molecule has 0 saturated carbocycles. The SMILES string of the molecule is C#CCCCCNCc1c(O)ccc2ccccc12. The Hall–Kier alpha value is -1.98. The lowest BCUT2D eigenvalue weighted by Gasteiger charge is -2.10. The van der Waals surface area contributed by atoms with E-state index >= 15 is 0 Å². The zero-order valence-electron chi connectivity index (χ0n) is 11.0. The molecule has 19 heavy (non-hydrogen) atoms. The van der Waals surface area contributed by atoms with Crippen molar-refractivity contribution in [1.29, 1.82) is 0 Å². The number of phenols is 1. The molecular weight excluding hydrogens is 234 g/mol. The van der Waals surface area contributed by atoms with Crippen LogP contribution in [0, 0.1) is 12.3 Å². The Morgan fingerprint density at radius 2 is 1.95 bits per heavy atom. The molecule has 0 atom stereocenters. The highest BCUT2D eigenvalue weighted by atomic mass is 16.3. The molecule has 0 amide bonds. The van der Waals surface area contributed by atoms with Crippen molar-refractivity contribution in [3.8, 4) is 18.1 Å². The van der Waals surface area contributed by atoms with E-state index in [9.17, 15) is 5.11 Å². The highest BCUT2D eigenvalue weighted by Crippen LogP contribution is 2.26. The second kappa shape index (κ2) is 6.82. The van der Waals surface area contributed by atoms with Gasteiger partial charge in [0, 0.05) is 18.5 Å². The molecule has 2 aromatic rings. The van der Waals surface area contributed by atoms with Crippen LogP contribution in [0.3, 0.4) is 0 Å². The van der Waals surface area contributed by atoms with Gasteiger partial charge in [0.05, 0.1) is 0 Å². The van der Waals surface area contributed by atoms with E-state index in [4.69, 9.17) is 6.42 Å². The summed E-state index contributed by atoms with van der Waals surface area (Å²) in [4.78, 5) is 0. The number of hydrogen-bond acceptors (Lipinski definition) is 2. The molecule has 2 aromatic carbocycles. The predicted octanol–water partition coefficient (Wildman–Crippen LogP) is 3.44. The van der Waals surface area contributed by atoms with Gasteiger partial charge in [-0.3, -0.25) is 0 Å². The molecule has 0 spiro atoms. The first-order chi connectivity index (χ1) is 9.33. The molecule has 0 aliphatic rings. The van der Waals surface area contributed by atoms with Gasteiger partial charge < -0.3 is 10.4 Å². The maximum atomic E-state index is 9.98. The molecule has 0 saturated heterocycles. The lowest BCUT2D eigenvalue weighted by Crippen LogP contribution is -2.15. The first-order valence-electron chi connectivity index (χ1n) is 6.66. The van der Waals surface area contributed by atoms with E-state index in [0.29, 0.717) is 12.3 Å². The molecule has 0 unspecified atom stereocenters. The van der Waals surface area contributed by atoms with Crippen LogP contribution in [-0.4, -0.2) is 11.7 Å². The summed E-state index contributed by atoms with van der Waals surface area (Å²) >= 11 is 0. The van der Waals surface area contributed by atoms with Crippen LogP contribution in [-0.2, 0) is 6.54 Å². The molecule has 0 aliphatic carbocycles. The molecule has 0 bridgehead atoms. The average molecular weight is 253 g/mol. The number of nitrogens with one attached hydrogen (secondary N) is 1. The van der Waals surface area contributed by atoms with Gasteiger partial charge >= 0.3 is 0 Å². The van der Waals surface area contributed by atoms with Crippen LogP contribution in [0.2, 0.25) is 0 Å². The third-order valence-corrected chi connectivity index (χ3v) is 3.24. The van der Waals surface area contributed by atoms with E-state index in [0.717, 1.165) is 42.1 Å². The summed E-state index contributed by atoms with van der Waals surface area (Å²) in [7, 11) is 0. The fourth-order valence-corrected chi connectivity index (χ4v) is 2.20. The fraction of sp³-hybridized carbons (Fsp3) is 0.294. The first-order valence-corrected chi connectivity index (χ1v) is 6.66. The monoisotopic (exact) mass is 253 g/mol. The third-order valence-electron chi connectivity index (χ3n) is 3.24. The largest absolute Gasteiger partial charge is 0.508 e. The number of terminal acetylenes is 1. The number of rotatable bonds is 6. The van der Waals surface area contributed by atoms with Crippen LogP contribution < -0.4 is 5.32 Å². The van der Waals surface area contributed by atoms with E-state index < -0.39 is 0 Å². The minimum absolute atomic E-state index is 0.356. The van der Waals surface area contributed by atoms with Gasteiger partial charge in [0.15, 0.2) is 0 Å². The van der Waals surface area contributed by atoms with E-state index in [1.54, 1.807) is 6.07 Å². The van der Waals surface area contributed by atoms with E-state index in [2.05, 4.69) is 17.3 Å². The van der Waals surface area contributed by atoms with Gasteiger partial charge in [0.1, 0.15) is 5.75 Å². The van der Waals surface area contributed by atoms with Crippen LogP contribution in [0.25, 0.3) is 10.8 Å². The molecule has 0 heterocycles. The van der Waals surface area contributed by atoms with Gasteiger partial charge in [0.25, 0.3) is 0 Å². The van der Waals surface area contributed by atoms with Crippen molar-refractivity contribution in [2.75, 3.05) is 6.54 Å². The number of benzene rings is 2. The van der Waals surface area contributed by atoms with Gasteiger partial charge in [-0.25, -0.2) is 0 Å². The summed E-state index contributed by atoms with van der Waals surface area (Å²) < 4.78 is 0. The van der Waals surface area contributed by atoms with Crippen LogP contribution in [0.4, 0.5) is 0 Å². The van der Waals surface area contributed by atoms with Crippen molar-refractivity contribution in [1.82, 2.24) is 5.32 Å². The highest BCUT2D eigenvalue weighted by molar-refractivity contribution is 5.87. The summed E-state index contributed by atoms with van der Waals surface area (Å²) in [6.45, 7) is 1.60. The van der Waals surface area contributed by atoms with Crippen molar-refractivity contribution in [2.24, 2.45) is 0 Å². The Kier molecular flexibility index (Phi) is 4.83. The Morgan fingerprint density at radius 1 is 1.11 bits per heavy atom. The van der Waals surface area contributed by atoms with Crippen molar-refractivity contribution in [3.63, 3.8) is 0 Å². The van der Waals surface area contributed by atoms with Gasteiger partial charge in [-0.1, -0.05) is 30.3 Å². The smallest absolute Gasteiger partial charge is 0.120 e. The number of aromatic hydroxyl groups is 1. The fourth-order valence-electron chi connectivity index (χ4n) is 2.20. The average Bonchev–Trinajstić information content (AvgIpc) is 2.44. The minimum atomic E-state index is 0.356. The van der Waals surface area contributed by atoms with Gasteiger partial charge in [-0.2, -0.15) is 0 Å². The lowest BCUT2D eigenvalue weighted by molar-refractivity contribution is 0.465. The predicted molar refractivity (Wildman–Crippen MR) is 80.0 cm³/mol. The molecule has 0 aromatic heterocycles. The number of phenolic OH excluding ortho intramolecular Hbond substituents is 1. The molecule has 2 N–H and O–H groups in total. The number of hydrogen-bond donors (Lipinski definition) is 2. The van der Waals surface area contributed by atoms with Crippen LogP contribution in [0.15, 0.2) is 36.4 Å². The standard InChI is InChI=1S/C17H19NO/c1-2-3-4-7-12-18-13-16-15-9-6-5-8-14(15)10-11-17(16)19/h1,5-6,8-11,18-19H,3-4,7,12-13H2. The molecular formula is C17H19NO. The van der Waals surface area contributed by atoms with Crippen molar-refractivity contribution >= 4 is 10.8 Å². The topological polar surface area (TPSA) is 32.3 Å². The summed E-state index contributed by atoms with van der Waals surface area (Å²) in [5.41, 5.74) is 0.968. The minimum Gasteiger partial charge on any atom is -0.508 e. The molecule has 2 nitrogen and oxygen atoms in total. The van der Waals surface area contributed by atoms with Crippen LogP contribution >= 0.6 is 0 Å². The molecule has 0 aliphatic heterocycles. The quantitative estimate of drug-likeness (QED) is 0.610. The first kappa shape index (κ1) is 13.5. The van der Waals surface area contributed by atoms with E-state index in [-0.39, 0.29) is 0 Å². The summed E-state index contributed by atoms with van der Waals surface area (Å²) in [6, 6.07) is 11.8. The number of unbranched alkanes of at least 4 members (excludes halogenated alkanes) is 2. The summed E-state index contributed by atoms with van der Waals surface area (Å²) in [6.07, 6.45) is 8.16. The van der Waals surface area contributed by atoms with Crippen LogP contribution in [0.1, 0.15) is 24.8 Å². The maximum Gasteiger partial charge on any atom is 0.120 e. The van der Waals surface area contributed by atoms with Crippen molar-refractivity contribution in [2.45, 2.75) is 25.8 Å². The lowest BCUT2D eigenvalue weighted by atomic mass is 10.0. The van der Waals surface area contributed by atoms with Gasteiger partial charge in [-0.05, 0) is 36.2 Å². The number of fused-ring (bicyclic) bond motifs is 1. The second-order valence-electron chi connectivity index (χ2n) is 4.62. The molecule has 2 rings (SSSR count). The maximum absolute atomic E-state index is 9.98. The third kappa shape index (κ3) is 3.49. The summed E-state index contributed by atoms with van der Waals surface area (Å²) in [5.74, 6) is 3.00. The second-order valence-corrected chi connectivity index (χ2v) is 4.62. The molecule has 2 heteroatoms. The zero-order chi connectivity index (χ0) is 13.5. The van der Waals surface area contributed by atoms with Crippen molar-refractivity contribution < 1.29 is 5.11 Å². The van der Waals surface area contributed by atoms with E-state index in [1.807, 2.05) is 24.3 Å². The highest BCUT2D eigenvalue weighted by Gasteiger charge is 2.05. The molecule has 0 fully saturated rings. The summed E-state index contributed by atoms with van der Waals surface area (Å²) in [5, 5.41) is 15.6.